The number of alkyl halides is 3. The average molecular weight is 267 g/mol. The monoisotopic (exact) mass is 267 g/mol. The highest BCUT2D eigenvalue weighted by Crippen LogP contribution is 2.40. The minimum atomic E-state index is -4.12. The molecule has 2 rings (SSSR count). The normalized spacial score (nSPS) is 36.2. The first kappa shape index (κ1) is 14.1. The standard InChI is InChI=1S/C12H20F3NO2/c1-10(2)7-11(8-18-10)9(16-5-6-17-11)3-4-12(13,14)15/h9,16H,3-8H2,1-2H3. The molecule has 0 aromatic carbocycles. The van der Waals surface area contributed by atoms with Crippen molar-refractivity contribution in [3.63, 3.8) is 0 Å². The molecule has 1 N–H and O–H groups in total. The van der Waals surface area contributed by atoms with Crippen LogP contribution in [0.2, 0.25) is 0 Å². The smallest absolute Gasteiger partial charge is 0.372 e. The first-order chi connectivity index (χ1) is 8.23. The summed E-state index contributed by atoms with van der Waals surface area (Å²) in [4.78, 5) is 0. The van der Waals surface area contributed by atoms with Crippen LogP contribution in [0.4, 0.5) is 13.2 Å². The quantitative estimate of drug-likeness (QED) is 0.832. The fourth-order valence-corrected chi connectivity index (χ4v) is 2.90. The maximum absolute atomic E-state index is 12.3. The number of morpholine rings is 1. The summed E-state index contributed by atoms with van der Waals surface area (Å²) >= 11 is 0. The molecule has 0 bridgehead atoms. The minimum Gasteiger partial charge on any atom is -0.372 e. The molecule has 6 heteroatoms. The van der Waals surface area contributed by atoms with Crippen LogP contribution >= 0.6 is 0 Å². The van der Waals surface area contributed by atoms with Gasteiger partial charge in [-0.1, -0.05) is 0 Å². The molecule has 2 unspecified atom stereocenters. The van der Waals surface area contributed by atoms with Gasteiger partial charge in [-0.3, -0.25) is 0 Å². The van der Waals surface area contributed by atoms with E-state index in [0.717, 1.165) is 0 Å². The molecular weight excluding hydrogens is 247 g/mol. The molecule has 2 fully saturated rings. The van der Waals surface area contributed by atoms with Gasteiger partial charge < -0.3 is 14.8 Å². The molecule has 18 heavy (non-hydrogen) atoms. The van der Waals surface area contributed by atoms with Gasteiger partial charge in [0, 0.05) is 25.4 Å². The second kappa shape index (κ2) is 4.65. The van der Waals surface area contributed by atoms with Crippen molar-refractivity contribution in [2.75, 3.05) is 19.8 Å². The van der Waals surface area contributed by atoms with Gasteiger partial charge in [0.15, 0.2) is 0 Å². The van der Waals surface area contributed by atoms with Crippen LogP contribution in [0, 0.1) is 0 Å². The van der Waals surface area contributed by atoms with Gasteiger partial charge in [-0.25, -0.2) is 0 Å². The molecule has 0 aromatic rings. The van der Waals surface area contributed by atoms with E-state index in [1.165, 1.54) is 0 Å². The molecule has 0 aliphatic carbocycles. The SMILES string of the molecule is CC1(C)CC2(CO1)OCCNC2CCC(F)(F)F. The summed E-state index contributed by atoms with van der Waals surface area (Å²) < 4.78 is 48.4. The lowest BCUT2D eigenvalue weighted by molar-refractivity contribution is -0.148. The molecule has 2 atom stereocenters. The van der Waals surface area contributed by atoms with Crippen LogP contribution in [-0.4, -0.2) is 43.2 Å². The summed E-state index contributed by atoms with van der Waals surface area (Å²) in [6.45, 7) is 5.39. The van der Waals surface area contributed by atoms with Crippen LogP contribution in [0.25, 0.3) is 0 Å². The van der Waals surface area contributed by atoms with Crippen LogP contribution in [0.3, 0.4) is 0 Å². The molecule has 0 radical (unpaired) electrons. The van der Waals surface area contributed by atoms with Crippen LogP contribution in [0.5, 0.6) is 0 Å². The van der Waals surface area contributed by atoms with Crippen molar-refractivity contribution in [2.45, 2.75) is 56.5 Å². The van der Waals surface area contributed by atoms with Crippen LogP contribution in [0.1, 0.15) is 33.1 Å². The number of hydrogen-bond acceptors (Lipinski definition) is 3. The minimum absolute atomic E-state index is 0.0446. The highest BCUT2D eigenvalue weighted by Gasteiger charge is 2.52. The van der Waals surface area contributed by atoms with Gasteiger partial charge in [0.2, 0.25) is 0 Å². The zero-order chi connectivity index (χ0) is 13.4. The van der Waals surface area contributed by atoms with Gasteiger partial charge in [0.05, 0.1) is 18.8 Å². The number of halogens is 3. The molecule has 2 aliphatic rings. The maximum Gasteiger partial charge on any atom is 0.389 e. The van der Waals surface area contributed by atoms with Crippen molar-refractivity contribution in [1.82, 2.24) is 5.32 Å². The fourth-order valence-electron chi connectivity index (χ4n) is 2.90. The first-order valence-electron chi connectivity index (χ1n) is 6.31. The highest BCUT2D eigenvalue weighted by atomic mass is 19.4. The van der Waals surface area contributed by atoms with Crippen LogP contribution in [-0.2, 0) is 9.47 Å². The van der Waals surface area contributed by atoms with Crippen molar-refractivity contribution in [3.05, 3.63) is 0 Å². The van der Waals surface area contributed by atoms with E-state index in [2.05, 4.69) is 5.32 Å². The van der Waals surface area contributed by atoms with E-state index in [0.29, 0.717) is 26.2 Å². The molecule has 2 heterocycles. The van der Waals surface area contributed by atoms with Gasteiger partial charge in [0.25, 0.3) is 0 Å². The van der Waals surface area contributed by atoms with Gasteiger partial charge >= 0.3 is 6.18 Å². The van der Waals surface area contributed by atoms with Crippen molar-refractivity contribution in [1.29, 1.82) is 0 Å². The predicted molar refractivity (Wildman–Crippen MR) is 60.4 cm³/mol. The van der Waals surface area contributed by atoms with Gasteiger partial charge in [-0.15, -0.1) is 0 Å². The molecule has 3 nitrogen and oxygen atoms in total. The van der Waals surface area contributed by atoms with E-state index in [-0.39, 0.29) is 18.1 Å². The van der Waals surface area contributed by atoms with Crippen LogP contribution in [0.15, 0.2) is 0 Å². The summed E-state index contributed by atoms with van der Waals surface area (Å²) in [5.41, 5.74) is -0.914. The molecular formula is C12H20F3NO2. The summed E-state index contributed by atoms with van der Waals surface area (Å²) in [6.07, 6.45) is -4.22. The zero-order valence-corrected chi connectivity index (χ0v) is 10.8. The Morgan fingerprint density at radius 3 is 2.56 bits per heavy atom. The molecule has 1 spiro atoms. The van der Waals surface area contributed by atoms with E-state index < -0.39 is 18.2 Å². The van der Waals surface area contributed by atoms with E-state index in [9.17, 15) is 13.2 Å². The fraction of sp³-hybridized carbons (Fsp3) is 1.00. The summed E-state index contributed by atoms with van der Waals surface area (Å²) in [5, 5.41) is 3.16. The lowest BCUT2D eigenvalue weighted by Crippen LogP contribution is -2.59. The van der Waals surface area contributed by atoms with Crippen molar-refractivity contribution in [3.8, 4) is 0 Å². The number of hydrogen-bond donors (Lipinski definition) is 1. The third-order valence-corrected chi connectivity index (χ3v) is 3.67. The Hall–Kier alpha value is -0.330. The Morgan fingerprint density at radius 2 is 2.00 bits per heavy atom. The Balaban J connectivity index is 2.03. The summed E-state index contributed by atoms with van der Waals surface area (Å²) in [7, 11) is 0. The molecule has 0 amide bonds. The van der Waals surface area contributed by atoms with Crippen molar-refractivity contribution >= 4 is 0 Å². The largest absolute Gasteiger partial charge is 0.389 e. The number of nitrogens with one attached hydrogen (secondary N) is 1. The number of ether oxygens (including phenoxy) is 2. The third-order valence-electron chi connectivity index (χ3n) is 3.67. The molecule has 106 valence electrons. The Morgan fingerprint density at radius 1 is 1.28 bits per heavy atom. The van der Waals surface area contributed by atoms with Gasteiger partial charge in [0.1, 0.15) is 5.60 Å². The lowest BCUT2D eigenvalue weighted by atomic mass is 9.83. The van der Waals surface area contributed by atoms with E-state index in [4.69, 9.17) is 9.47 Å². The maximum atomic E-state index is 12.3. The van der Waals surface area contributed by atoms with E-state index in [1.807, 2.05) is 13.8 Å². The lowest BCUT2D eigenvalue weighted by Gasteiger charge is -2.41. The second-order valence-corrected chi connectivity index (χ2v) is 5.80. The highest BCUT2D eigenvalue weighted by molar-refractivity contribution is 5.04. The third kappa shape index (κ3) is 3.16. The summed E-state index contributed by atoms with van der Waals surface area (Å²) in [6, 6.07) is -0.283. The molecule has 2 saturated heterocycles. The molecule has 0 saturated carbocycles. The molecule has 2 aliphatic heterocycles. The van der Waals surface area contributed by atoms with E-state index >= 15 is 0 Å². The van der Waals surface area contributed by atoms with Gasteiger partial charge in [-0.2, -0.15) is 13.2 Å². The van der Waals surface area contributed by atoms with Crippen LogP contribution < -0.4 is 5.32 Å². The molecule has 0 aromatic heterocycles. The Kier molecular flexibility index (Phi) is 3.64. The first-order valence-corrected chi connectivity index (χ1v) is 6.31. The van der Waals surface area contributed by atoms with E-state index in [1.54, 1.807) is 0 Å². The number of rotatable bonds is 2. The topological polar surface area (TPSA) is 30.5 Å². The summed E-state index contributed by atoms with van der Waals surface area (Å²) in [5.74, 6) is 0. The van der Waals surface area contributed by atoms with Gasteiger partial charge in [-0.05, 0) is 20.3 Å². The second-order valence-electron chi connectivity index (χ2n) is 5.80. The Labute approximate surface area is 105 Å². The van der Waals surface area contributed by atoms with Crippen molar-refractivity contribution in [2.24, 2.45) is 0 Å². The average Bonchev–Trinajstić information content (AvgIpc) is 2.53. The zero-order valence-electron chi connectivity index (χ0n) is 10.8. The van der Waals surface area contributed by atoms with Crippen molar-refractivity contribution < 1.29 is 22.6 Å². The predicted octanol–water partition coefficient (Wildman–Crippen LogP) is 2.25. The Bertz CT molecular complexity index is 306.